The number of esters is 2. The lowest BCUT2D eigenvalue weighted by atomic mass is 9.90. The summed E-state index contributed by atoms with van der Waals surface area (Å²) in [5, 5.41) is 0. The highest BCUT2D eigenvalue weighted by molar-refractivity contribution is 5.69. The van der Waals surface area contributed by atoms with E-state index in [0.717, 1.165) is 56.3 Å². The standard InChI is InChI=1S/C50H99NO4/c1-8-12-22-31-47(32-23-13-9-2)40-43-54-49(52)38-28-20-16-18-26-35-46(37-30-42-51(7)45(5)6)36-27-19-17-21-29-39-50(53)55-44-41-48(33-24-14-10-3)34-25-15-11-4/h45-48H,8-44H2,1-7H3. The Bertz CT molecular complexity index is 740. The quantitative estimate of drug-likeness (QED) is 0.0456. The molecule has 0 fully saturated rings. The molecule has 0 aliphatic carbocycles. The molecule has 0 aliphatic heterocycles. The topological polar surface area (TPSA) is 55.8 Å². The maximum atomic E-state index is 12.4. The zero-order valence-corrected chi connectivity index (χ0v) is 38.6. The van der Waals surface area contributed by atoms with E-state index < -0.39 is 0 Å². The Kier molecular flexibility index (Phi) is 40.3. The van der Waals surface area contributed by atoms with E-state index in [-0.39, 0.29) is 11.9 Å². The molecule has 5 heteroatoms. The third kappa shape index (κ3) is 37.0. The van der Waals surface area contributed by atoms with Crippen molar-refractivity contribution < 1.29 is 19.1 Å². The summed E-state index contributed by atoms with van der Waals surface area (Å²) >= 11 is 0. The van der Waals surface area contributed by atoms with Gasteiger partial charge in [0.25, 0.3) is 0 Å². The Morgan fingerprint density at radius 1 is 0.400 bits per heavy atom. The molecule has 0 aliphatic rings. The Morgan fingerprint density at radius 3 is 1.04 bits per heavy atom. The average Bonchev–Trinajstić information content (AvgIpc) is 3.16. The van der Waals surface area contributed by atoms with Crippen LogP contribution in [0.1, 0.15) is 260 Å². The summed E-state index contributed by atoms with van der Waals surface area (Å²) in [6.45, 7) is 16.1. The maximum absolute atomic E-state index is 12.4. The van der Waals surface area contributed by atoms with Crippen LogP contribution in [0.4, 0.5) is 0 Å². The Hall–Kier alpha value is -1.10. The summed E-state index contributed by atoms with van der Waals surface area (Å²) in [6.07, 6.45) is 41.3. The van der Waals surface area contributed by atoms with E-state index in [4.69, 9.17) is 9.47 Å². The van der Waals surface area contributed by atoms with E-state index in [1.54, 1.807) is 0 Å². The molecular formula is C50H99NO4. The van der Waals surface area contributed by atoms with Crippen LogP contribution in [0, 0.1) is 17.8 Å². The van der Waals surface area contributed by atoms with Crippen LogP contribution in [0.5, 0.6) is 0 Å². The van der Waals surface area contributed by atoms with Crippen LogP contribution in [0.3, 0.4) is 0 Å². The van der Waals surface area contributed by atoms with E-state index in [9.17, 15) is 9.59 Å². The van der Waals surface area contributed by atoms with Crippen LogP contribution in [-0.2, 0) is 19.1 Å². The minimum Gasteiger partial charge on any atom is -0.466 e. The van der Waals surface area contributed by atoms with Gasteiger partial charge in [-0.15, -0.1) is 0 Å². The van der Waals surface area contributed by atoms with E-state index in [2.05, 4.69) is 53.5 Å². The number of ether oxygens (including phenoxy) is 2. The van der Waals surface area contributed by atoms with Gasteiger partial charge in [0.2, 0.25) is 0 Å². The first kappa shape index (κ1) is 53.9. The maximum Gasteiger partial charge on any atom is 0.305 e. The monoisotopic (exact) mass is 778 g/mol. The van der Waals surface area contributed by atoms with Gasteiger partial charge in [0, 0.05) is 18.9 Å². The van der Waals surface area contributed by atoms with E-state index >= 15 is 0 Å². The van der Waals surface area contributed by atoms with Gasteiger partial charge in [0.1, 0.15) is 0 Å². The van der Waals surface area contributed by atoms with Crippen LogP contribution in [0.2, 0.25) is 0 Å². The van der Waals surface area contributed by atoms with Crippen molar-refractivity contribution in [1.82, 2.24) is 4.90 Å². The van der Waals surface area contributed by atoms with Crippen LogP contribution in [-0.4, -0.2) is 49.7 Å². The molecule has 0 aromatic rings. The average molecular weight is 778 g/mol. The second-order valence-corrected chi connectivity index (χ2v) is 17.9. The van der Waals surface area contributed by atoms with Crippen LogP contribution < -0.4 is 0 Å². The van der Waals surface area contributed by atoms with Crippen LogP contribution in [0.15, 0.2) is 0 Å². The lowest BCUT2D eigenvalue weighted by Gasteiger charge is -2.23. The van der Waals surface area contributed by atoms with Crippen molar-refractivity contribution in [1.29, 1.82) is 0 Å². The first-order valence-electron chi connectivity index (χ1n) is 24.8. The number of hydrogen-bond acceptors (Lipinski definition) is 5. The first-order chi connectivity index (χ1) is 26.8. The molecule has 0 atom stereocenters. The summed E-state index contributed by atoms with van der Waals surface area (Å²) in [7, 11) is 2.26. The van der Waals surface area contributed by atoms with Gasteiger partial charge in [0.05, 0.1) is 13.2 Å². The molecule has 0 rings (SSSR count). The van der Waals surface area contributed by atoms with Crippen molar-refractivity contribution >= 4 is 11.9 Å². The molecule has 55 heavy (non-hydrogen) atoms. The van der Waals surface area contributed by atoms with Crippen LogP contribution >= 0.6 is 0 Å². The fraction of sp³-hybridized carbons (Fsp3) is 0.960. The first-order valence-corrected chi connectivity index (χ1v) is 24.8. The minimum atomic E-state index is 0.0157. The fourth-order valence-electron chi connectivity index (χ4n) is 8.21. The number of unbranched alkanes of at least 4 members (excludes halogenated alkanes) is 16. The van der Waals surface area contributed by atoms with Crippen molar-refractivity contribution in [2.45, 2.75) is 266 Å². The van der Waals surface area contributed by atoms with Gasteiger partial charge in [-0.3, -0.25) is 9.59 Å². The third-order valence-corrected chi connectivity index (χ3v) is 12.4. The molecule has 0 saturated carbocycles. The van der Waals surface area contributed by atoms with E-state index in [1.807, 2.05) is 0 Å². The lowest BCUT2D eigenvalue weighted by Crippen LogP contribution is -2.27. The summed E-state index contributed by atoms with van der Waals surface area (Å²) < 4.78 is 11.4. The van der Waals surface area contributed by atoms with Crippen molar-refractivity contribution in [2.75, 3.05) is 26.8 Å². The minimum absolute atomic E-state index is 0.0157. The molecule has 0 bridgehead atoms. The highest BCUT2D eigenvalue weighted by Gasteiger charge is 2.14. The van der Waals surface area contributed by atoms with Crippen LogP contribution in [0.25, 0.3) is 0 Å². The van der Waals surface area contributed by atoms with E-state index in [0.29, 0.717) is 32.1 Å². The largest absolute Gasteiger partial charge is 0.466 e. The molecule has 0 heterocycles. The number of hydrogen-bond donors (Lipinski definition) is 0. The second-order valence-electron chi connectivity index (χ2n) is 17.9. The van der Waals surface area contributed by atoms with Crippen molar-refractivity contribution in [2.24, 2.45) is 17.8 Å². The Morgan fingerprint density at radius 2 is 0.691 bits per heavy atom. The Labute approximate surface area is 345 Å². The summed E-state index contributed by atoms with van der Waals surface area (Å²) in [5.41, 5.74) is 0. The van der Waals surface area contributed by atoms with E-state index in [1.165, 1.54) is 173 Å². The molecule has 0 unspecified atom stereocenters. The number of carbonyl (C=O) groups is 2. The van der Waals surface area contributed by atoms with Gasteiger partial charge in [-0.05, 0) is 83.7 Å². The third-order valence-electron chi connectivity index (χ3n) is 12.4. The zero-order valence-electron chi connectivity index (χ0n) is 38.6. The molecule has 0 N–H and O–H groups in total. The van der Waals surface area contributed by atoms with Gasteiger partial charge in [0.15, 0.2) is 0 Å². The number of rotatable bonds is 43. The molecule has 0 saturated heterocycles. The van der Waals surface area contributed by atoms with Gasteiger partial charge in [-0.25, -0.2) is 0 Å². The molecule has 5 nitrogen and oxygen atoms in total. The van der Waals surface area contributed by atoms with Crippen molar-refractivity contribution in [3.63, 3.8) is 0 Å². The fourth-order valence-corrected chi connectivity index (χ4v) is 8.21. The normalized spacial score (nSPS) is 11.9. The summed E-state index contributed by atoms with van der Waals surface area (Å²) in [4.78, 5) is 27.3. The summed E-state index contributed by atoms with van der Waals surface area (Å²) in [6, 6.07) is 0.610. The second kappa shape index (κ2) is 41.1. The van der Waals surface area contributed by atoms with Crippen molar-refractivity contribution in [3.05, 3.63) is 0 Å². The SMILES string of the molecule is CCCCCC(CCCCC)CCOC(=O)CCCCCCCC(CCCCCCCC(=O)OCCC(CCCCC)CCCCC)CCCN(C)C(C)C. The molecule has 0 aromatic heterocycles. The van der Waals surface area contributed by atoms with Gasteiger partial charge in [-0.2, -0.15) is 0 Å². The lowest BCUT2D eigenvalue weighted by molar-refractivity contribution is -0.145. The van der Waals surface area contributed by atoms with Gasteiger partial charge in [-0.1, -0.05) is 195 Å². The molecule has 0 spiro atoms. The molecule has 0 amide bonds. The molecular weight excluding hydrogens is 679 g/mol. The van der Waals surface area contributed by atoms with Crippen molar-refractivity contribution in [3.8, 4) is 0 Å². The Balaban J connectivity index is 4.27. The highest BCUT2D eigenvalue weighted by Crippen LogP contribution is 2.25. The summed E-state index contributed by atoms with van der Waals surface area (Å²) in [5.74, 6) is 2.30. The highest BCUT2D eigenvalue weighted by atomic mass is 16.5. The zero-order chi connectivity index (χ0) is 40.6. The predicted octanol–water partition coefficient (Wildman–Crippen LogP) is 15.6. The van der Waals surface area contributed by atoms with Gasteiger partial charge < -0.3 is 14.4 Å². The predicted molar refractivity (Wildman–Crippen MR) is 240 cm³/mol. The van der Waals surface area contributed by atoms with Gasteiger partial charge >= 0.3 is 11.9 Å². The molecule has 0 radical (unpaired) electrons. The number of carbonyl (C=O) groups excluding carboxylic acids is 2. The molecule has 328 valence electrons. The smallest absolute Gasteiger partial charge is 0.305 e. The molecule has 0 aromatic carbocycles. The number of nitrogens with zero attached hydrogens (tertiary/aromatic N) is 1.